The molecule has 0 spiro atoms. The van der Waals surface area contributed by atoms with Gasteiger partial charge >= 0.3 is 36.3 Å². The molecule has 15 atom stereocenters. The van der Waals surface area contributed by atoms with Crippen molar-refractivity contribution in [2.24, 2.45) is 5.11 Å². The van der Waals surface area contributed by atoms with E-state index < -0.39 is 141 Å². The minimum Gasteiger partial charge on any atom is -0.463 e. The van der Waals surface area contributed by atoms with E-state index in [4.69, 9.17) is 61.6 Å². The van der Waals surface area contributed by atoms with Gasteiger partial charge in [0.15, 0.2) is 12.6 Å². The Bertz CT molecular complexity index is 4000. The lowest BCUT2D eigenvalue weighted by Crippen LogP contribution is -2.75. The summed E-state index contributed by atoms with van der Waals surface area (Å²) in [6.45, 7) is 0.0553. The van der Waals surface area contributed by atoms with Crippen LogP contribution in [0.15, 0.2) is 217 Å². The summed E-state index contributed by atoms with van der Waals surface area (Å²) in [7, 11) is 0. The van der Waals surface area contributed by atoms with Gasteiger partial charge in [0, 0.05) is 38.3 Å². The Hall–Kier alpha value is -11.0. The van der Waals surface area contributed by atoms with E-state index in [0.717, 1.165) is 25.0 Å². The number of nitrogens with zero attached hydrogens (tertiary/aromatic N) is 3. The molecule has 0 aromatic heterocycles. The van der Waals surface area contributed by atoms with Crippen molar-refractivity contribution in [1.82, 2.24) is 26.6 Å². The number of carbonyl (C=O) groups excluding carboxylic acids is 7. The van der Waals surface area contributed by atoms with Gasteiger partial charge in [-0.15, -0.1) is 0 Å². The van der Waals surface area contributed by atoms with Crippen LogP contribution in [0.5, 0.6) is 0 Å². The SMILES string of the molecule is CC(=O)OCC1O[C@@H](O[C@H]2C(O)C(O[C@@H]3O[C@H](CNC(=O)OCc4ccccc4)CCC3NC(=O)OCc3ccccc3)[C@@H](NC(=O)OCc3ccccc3)C(OCc3ccccc3)[C@H]2NC(=O)[C@@H](CCNC(=O)OCc2ccccc2)OCc2ccccc2)C(OCc2ccccc2)[C@@H](N=[N+]=[N-])[C@H]1OC(C)=O. The number of rotatable bonds is 34. The lowest BCUT2D eigenvalue weighted by molar-refractivity contribution is -0.328. The molecule has 1 saturated carbocycles. The molecule has 10 rings (SSSR count). The first-order valence-corrected chi connectivity index (χ1v) is 35.4. The smallest absolute Gasteiger partial charge is 0.407 e. The summed E-state index contributed by atoms with van der Waals surface area (Å²) >= 11 is 0. The lowest BCUT2D eigenvalue weighted by atomic mass is 9.80. The Morgan fingerprint density at radius 3 is 1.37 bits per heavy atom. The molecule has 7 aromatic carbocycles. The van der Waals surface area contributed by atoms with E-state index in [1.165, 1.54) is 0 Å². The molecule has 2 saturated heterocycles. The molecule has 0 radical (unpaired) electrons. The van der Waals surface area contributed by atoms with E-state index in [1.807, 2.05) is 18.2 Å². The number of ether oxygens (including phenoxy) is 13. The van der Waals surface area contributed by atoms with Crippen LogP contribution in [0.3, 0.4) is 0 Å². The number of amides is 5. The maximum atomic E-state index is 15.9. The molecule has 1 aliphatic carbocycles. The number of benzene rings is 7. The highest BCUT2D eigenvalue weighted by molar-refractivity contribution is 5.81. The van der Waals surface area contributed by atoms with Crippen LogP contribution in [-0.4, -0.2) is 159 Å². The fraction of sp³-hybridized carbons (Fsp3) is 0.380. The van der Waals surface area contributed by atoms with Gasteiger partial charge in [-0.25, -0.2) is 19.2 Å². The summed E-state index contributed by atoms with van der Waals surface area (Å²) in [6.07, 6.45) is -21.7. The molecule has 108 heavy (non-hydrogen) atoms. The van der Waals surface area contributed by atoms with E-state index in [-0.39, 0.29) is 78.6 Å². The standard InChI is InChI=1S/C79H88N8O21/c1-51(88)96-50-63-68(104-52(2)89)66(86-87-80)72(99-45-55-28-14-5-15-29-55)75(106-63)108-70-64(84-73(91)62(97-43-53-24-10-3-11-25-53)40-41-81-76(92)100-46-56-30-16-6-17-31-56)69(98-44-54-26-12-4-13-27-54)65(85-79(95)103-49-59-36-22-9-23-37-59)71(67(70)90)107-74-61(83-78(94)102-48-58-34-20-8-21-35-58)39-38-60(105-74)42-82-77(93)101-47-57-32-18-7-19-33-57/h3-37,60-72,74-75,90H,38-50H2,1-2H3,(H,81,92)(H,82,93)(H,83,94)(H,84,91)(H,85,95)/t60-,61?,62+,63?,64+,65-,66-,67?,68-,69?,70+,71?,72?,74-,75-/m0/s1. The average molecular weight is 1490 g/mol. The van der Waals surface area contributed by atoms with Crippen LogP contribution in [0.25, 0.3) is 10.4 Å². The largest absolute Gasteiger partial charge is 0.463 e. The van der Waals surface area contributed by atoms with E-state index in [1.54, 1.807) is 194 Å². The number of azide groups is 1. The quantitative estimate of drug-likeness (QED) is 0.00718. The molecule has 29 nitrogen and oxygen atoms in total. The van der Waals surface area contributed by atoms with Gasteiger partial charge in [-0.05, 0) is 57.3 Å². The fourth-order valence-corrected chi connectivity index (χ4v) is 12.4. The van der Waals surface area contributed by atoms with Crippen LogP contribution < -0.4 is 26.6 Å². The van der Waals surface area contributed by atoms with Crippen LogP contribution in [-0.2, 0) is 122 Å². The molecule has 2 aliphatic heterocycles. The van der Waals surface area contributed by atoms with Gasteiger partial charge in [0.2, 0.25) is 5.91 Å². The predicted molar refractivity (Wildman–Crippen MR) is 385 cm³/mol. The third-order valence-electron chi connectivity index (χ3n) is 17.7. The fourth-order valence-electron chi connectivity index (χ4n) is 12.4. The van der Waals surface area contributed by atoms with E-state index in [9.17, 15) is 39.4 Å². The highest BCUT2D eigenvalue weighted by atomic mass is 16.7. The second-order valence-electron chi connectivity index (χ2n) is 25.6. The Labute approximate surface area is 624 Å². The van der Waals surface area contributed by atoms with Crippen LogP contribution in [0, 0.1) is 0 Å². The Morgan fingerprint density at radius 2 is 0.898 bits per heavy atom. The Morgan fingerprint density at radius 1 is 0.472 bits per heavy atom. The van der Waals surface area contributed by atoms with Crippen molar-refractivity contribution in [3.8, 4) is 0 Å². The number of aliphatic hydroxyl groups excluding tert-OH is 1. The van der Waals surface area contributed by atoms with E-state index >= 15 is 4.79 Å². The van der Waals surface area contributed by atoms with Crippen molar-refractivity contribution < 1.29 is 100 Å². The third kappa shape index (κ3) is 24.8. The Balaban J connectivity index is 1.09. The molecule has 3 fully saturated rings. The molecule has 7 aromatic rings. The lowest BCUT2D eigenvalue weighted by Gasteiger charge is -2.52. The maximum absolute atomic E-state index is 15.9. The molecular formula is C79H88N8O21. The van der Waals surface area contributed by atoms with Crippen LogP contribution >= 0.6 is 0 Å². The number of esters is 2. The van der Waals surface area contributed by atoms with Gasteiger partial charge in [-0.2, -0.15) is 0 Å². The summed E-state index contributed by atoms with van der Waals surface area (Å²) in [6, 6.07) is 56.1. The minimum atomic E-state index is -2.16. The molecule has 6 unspecified atom stereocenters. The first-order valence-electron chi connectivity index (χ1n) is 35.4. The topological polar surface area (TPSA) is 369 Å². The van der Waals surface area contributed by atoms with Gasteiger partial charge < -0.3 is 93.3 Å². The Kier molecular flexibility index (Phi) is 30.8. The van der Waals surface area contributed by atoms with Crippen LogP contribution in [0.1, 0.15) is 72.1 Å². The summed E-state index contributed by atoms with van der Waals surface area (Å²) < 4.78 is 82.1. The van der Waals surface area contributed by atoms with E-state index in [0.29, 0.717) is 27.8 Å². The first kappa shape index (κ1) is 79.6. The van der Waals surface area contributed by atoms with Crippen LogP contribution in [0.4, 0.5) is 19.2 Å². The normalized spacial score (nSPS) is 23.2. The van der Waals surface area contributed by atoms with Crippen LogP contribution in [0.2, 0.25) is 0 Å². The zero-order chi connectivity index (χ0) is 75.8. The van der Waals surface area contributed by atoms with Gasteiger partial charge in [0.25, 0.3) is 0 Å². The van der Waals surface area contributed by atoms with Crippen molar-refractivity contribution in [3.05, 3.63) is 262 Å². The summed E-state index contributed by atoms with van der Waals surface area (Å²) in [5.74, 6) is -2.51. The molecule has 0 bridgehead atoms. The van der Waals surface area contributed by atoms with Gasteiger partial charge in [0.05, 0.1) is 44.1 Å². The highest BCUT2D eigenvalue weighted by Gasteiger charge is 2.58. The number of alkyl carbamates (subject to hydrolysis) is 4. The van der Waals surface area contributed by atoms with E-state index in [2.05, 4.69) is 36.6 Å². The van der Waals surface area contributed by atoms with Crippen molar-refractivity contribution >= 4 is 42.2 Å². The molecule has 570 valence electrons. The number of carbonyl (C=O) groups is 7. The molecular weight excluding hydrogens is 1400 g/mol. The van der Waals surface area contributed by atoms with Crippen molar-refractivity contribution in [1.29, 1.82) is 0 Å². The maximum Gasteiger partial charge on any atom is 0.407 e. The van der Waals surface area contributed by atoms with Gasteiger partial charge in [0.1, 0.15) is 87.9 Å². The molecule has 2 heterocycles. The monoisotopic (exact) mass is 1480 g/mol. The second-order valence-corrected chi connectivity index (χ2v) is 25.6. The molecule has 5 amide bonds. The zero-order valence-corrected chi connectivity index (χ0v) is 59.5. The predicted octanol–water partition coefficient (Wildman–Crippen LogP) is 9.61. The first-order chi connectivity index (χ1) is 52.6. The third-order valence-corrected chi connectivity index (χ3v) is 17.7. The molecule has 6 N–H and O–H groups in total. The van der Waals surface area contributed by atoms with Crippen molar-refractivity contribution in [3.63, 3.8) is 0 Å². The number of hydrogen-bond donors (Lipinski definition) is 6. The number of hydrogen-bond acceptors (Lipinski definition) is 22. The summed E-state index contributed by atoms with van der Waals surface area (Å²) in [5, 5.41) is 32.3. The van der Waals surface area contributed by atoms with Crippen molar-refractivity contribution in [2.45, 2.75) is 171 Å². The summed E-state index contributed by atoms with van der Waals surface area (Å²) in [5.41, 5.74) is 14.9. The minimum absolute atomic E-state index is 0.0524. The number of aliphatic hydroxyl groups is 1. The highest BCUT2D eigenvalue weighted by Crippen LogP contribution is 2.38. The van der Waals surface area contributed by atoms with Crippen molar-refractivity contribution in [2.75, 3.05) is 19.7 Å². The average Bonchev–Trinajstić information content (AvgIpc) is 0.752. The zero-order valence-electron chi connectivity index (χ0n) is 59.5. The number of nitrogens with one attached hydrogen (secondary N) is 5. The second kappa shape index (κ2) is 41.8. The summed E-state index contributed by atoms with van der Waals surface area (Å²) in [4.78, 5) is 101. The van der Waals surface area contributed by atoms with Gasteiger partial charge in [-0.3, -0.25) is 14.4 Å². The molecule has 29 heteroatoms. The molecule has 3 aliphatic rings. The van der Waals surface area contributed by atoms with Gasteiger partial charge in [-0.1, -0.05) is 217 Å².